The van der Waals surface area contributed by atoms with Gasteiger partial charge in [0.25, 0.3) is 0 Å². The molecule has 18 nitrogen and oxygen atoms in total. The first-order chi connectivity index (χ1) is 30.6. The molecule has 2 heterocycles. The largest absolute Gasteiger partial charge is 0 e. The molecule has 0 aliphatic rings. The molecule has 4 aromatic rings. The molecule has 0 aliphatic carbocycles. The van der Waals surface area contributed by atoms with Crippen LogP contribution in [0, 0.1) is 11.6 Å². The molecule has 0 unspecified atom stereocenters. The quantitative estimate of drug-likeness (QED) is 0.0685. The molecule has 24 heteroatoms. The molecule has 0 spiro atoms. The van der Waals surface area contributed by atoms with E-state index in [2.05, 4.69) is 19.9 Å². The van der Waals surface area contributed by atoms with Gasteiger partial charge in [-0.2, -0.15) is 0 Å². The number of anilines is 2. The van der Waals surface area contributed by atoms with Crippen molar-refractivity contribution in [3.8, 4) is 22.5 Å². The van der Waals surface area contributed by atoms with Crippen LogP contribution in [-0.2, 0) is 46.7 Å². The van der Waals surface area contributed by atoms with E-state index in [1.165, 1.54) is 86.9 Å². The van der Waals surface area contributed by atoms with Crippen LogP contribution in [0.4, 0.5) is 20.7 Å². The van der Waals surface area contributed by atoms with Gasteiger partial charge in [0.2, 0.25) is 31.9 Å². The number of rotatable bonds is 20. The van der Waals surface area contributed by atoms with Crippen LogP contribution in [0.3, 0.4) is 0 Å². The van der Waals surface area contributed by atoms with Crippen molar-refractivity contribution in [2.75, 3.05) is 35.2 Å². The van der Waals surface area contributed by atoms with Crippen molar-refractivity contribution in [1.82, 2.24) is 19.9 Å². The summed E-state index contributed by atoms with van der Waals surface area (Å²) in [6.07, 6.45) is 1.72. The van der Waals surface area contributed by atoms with Crippen LogP contribution < -0.4 is 8.61 Å². The fourth-order valence-electron chi connectivity index (χ4n) is 6.09. The molecule has 0 amide bonds. The van der Waals surface area contributed by atoms with Crippen LogP contribution in [0.15, 0.2) is 60.7 Å². The number of aromatic nitrogens is 4. The summed E-state index contributed by atoms with van der Waals surface area (Å²) in [6.45, 7) is 7.41. The normalized spacial score (nSPS) is 13.5. The zero-order valence-corrected chi connectivity index (χ0v) is 40.5. The minimum Gasteiger partial charge on any atom is 0 e. The third kappa shape index (κ3) is 19.1. The van der Waals surface area contributed by atoms with E-state index in [1.54, 1.807) is 0 Å². The molecule has 2 aromatic heterocycles. The first kappa shape index (κ1) is 62.0. The molecule has 4 rings (SSSR count). The summed E-state index contributed by atoms with van der Waals surface area (Å²) in [5.74, 6) is -3.74. The summed E-state index contributed by atoms with van der Waals surface area (Å²) in [5.41, 5.74) is 3.60. The minimum atomic E-state index is -3.65. The number of aliphatic hydroxyl groups excluding tert-OH is 4. The van der Waals surface area contributed by atoms with Gasteiger partial charge in [-0.3, -0.25) is 9.59 Å². The predicted octanol–water partition coefficient (Wildman–Crippen LogP) is 3.88. The molecule has 0 fully saturated rings. The Balaban J connectivity index is 0.000000661. The molecule has 0 saturated heterocycles. The maximum absolute atomic E-state index is 13.5. The summed E-state index contributed by atoms with van der Waals surface area (Å²) >= 11 is 0. The van der Waals surface area contributed by atoms with Gasteiger partial charge in [0.15, 0.2) is 0 Å². The fraction of sp³-hybridized carbons (Fsp3) is 0.409. The van der Waals surface area contributed by atoms with Gasteiger partial charge in [0, 0.05) is 66.3 Å². The van der Waals surface area contributed by atoms with Gasteiger partial charge in [-0.1, -0.05) is 52.0 Å². The van der Waals surface area contributed by atoms with E-state index in [0.29, 0.717) is 45.0 Å². The number of aliphatic carboxylic acids is 2. The molecular weight excluding hydrogens is 1010 g/mol. The van der Waals surface area contributed by atoms with Gasteiger partial charge < -0.3 is 30.6 Å². The maximum atomic E-state index is 13.5. The van der Waals surface area contributed by atoms with Crippen LogP contribution in [-0.4, -0.2) is 168 Å². The van der Waals surface area contributed by atoms with Crippen LogP contribution in [0.25, 0.3) is 34.7 Å². The Morgan fingerprint density at radius 3 is 1.15 bits per heavy atom. The smallest absolute Gasteiger partial charge is 0 e. The van der Waals surface area contributed by atoms with E-state index < -0.39 is 80.9 Å². The van der Waals surface area contributed by atoms with Crippen molar-refractivity contribution >= 4 is 93.8 Å². The number of benzene rings is 2. The predicted molar refractivity (Wildman–Crippen MR) is 254 cm³/mol. The molecule has 0 aliphatic heterocycles. The Labute approximate surface area is 435 Å². The summed E-state index contributed by atoms with van der Waals surface area (Å²) in [5, 5.41) is 57.6. The SMILES string of the molecule is CC(C)c1nc(N(C)S(C)(=O)=O)nc(-c2ccc(F)cc2)c1C=C[C@@H](O)C[C@@H](O)CC(=O)O.CC(C)c1nc(N(C)S(C)(=O)=O)nc(-c2ccc(F)cc2)c1C=C[C@@H](O)C[C@@H](O)CC(=O)O.[CaH2].[Cu]. The summed E-state index contributed by atoms with van der Waals surface area (Å²) < 4.78 is 77.2. The molecule has 0 saturated carbocycles. The van der Waals surface area contributed by atoms with Crippen molar-refractivity contribution in [2.24, 2.45) is 0 Å². The number of hydrogen-bond donors (Lipinski definition) is 6. The summed E-state index contributed by atoms with van der Waals surface area (Å²) in [7, 11) is -4.65. The first-order valence-electron chi connectivity index (χ1n) is 20.3. The van der Waals surface area contributed by atoms with Gasteiger partial charge in [-0.05, 0) is 60.4 Å². The van der Waals surface area contributed by atoms with Crippen LogP contribution in [0.2, 0.25) is 0 Å². The molecule has 4 atom stereocenters. The molecule has 1 radical (unpaired) electrons. The summed E-state index contributed by atoms with van der Waals surface area (Å²) in [6, 6.07) is 11.0. The Morgan fingerprint density at radius 2 is 0.897 bits per heavy atom. The zero-order valence-electron chi connectivity index (χ0n) is 37.9. The zero-order chi connectivity index (χ0) is 49.8. The standard InChI is InChI=1S/2C22H28FN3O6S.Ca.Cu.2H/c2*1-13(2)20-18(10-9-16(27)11-17(28)12-19(29)30)21(14-5-7-15(23)8-6-14)25-22(24-20)26(3)33(4,31)32;;;;/h2*5-10,13,16-17,27-28H,11-12H2,1-4H3,(H,29,30);;;;/t2*16-,17-;;;;/m11..../s1. The molecule has 68 heavy (non-hydrogen) atoms. The number of halogens is 2. The Bertz CT molecular complexity index is 2430. The second kappa shape index (κ2) is 27.4. The van der Waals surface area contributed by atoms with Crippen LogP contribution in [0.1, 0.15) is 87.7 Å². The average Bonchev–Trinajstić information content (AvgIpc) is 3.20. The Kier molecular flexibility index (Phi) is 25.0. The van der Waals surface area contributed by atoms with Crippen LogP contribution in [0.5, 0.6) is 0 Å². The van der Waals surface area contributed by atoms with Crippen molar-refractivity contribution in [3.05, 3.63) is 94.8 Å². The van der Waals surface area contributed by atoms with Crippen molar-refractivity contribution in [2.45, 2.75) is 89.6 Å². The van der Waals surface area contributed by atoms with Crippen molar-refractivity contribution < 1.29 is 82.9 Å². The first-order valence-corrected chi connectivity index (χ1v) is 24.0. The van der Waals surface area contributed by atoms with E-state index in [9.17, 15) is 55.6 Å². The van der Waals surface area contributed by atoms with Gasteiger partial charge >= 0.3 is 49.7 Å². The third-order valence-electron chi connectivity index (χ3n) is 9.63. The number of hydrogen-bond acceptors (Lipinski definition) is 14. The van der Waals surface area contributed by atoms with E-state index in [4.69, 9.17) is 10.2 Å². The average molecular weight is 1070 g/mol. The second-order valence-electron chi connectivity index (χ2n) is 16.0. The summed E-state index contributed by atoms with van der Waals surface area (Å²) in [4.78, 5) is 39.1. The molecule has 0 bridgehead atoms. The third-order valence-corrected chi connectivity index (χ3v) is 11.9. The van der Waals surface area contributed by atoms with Gasteiger partial charge in [0.05, 0.1) is 72.5 Å². The van der Waals surface area contributed by atoms with Crippen molar-refractivity contribution in [3.63, 3.8) is 0 Å². The van der Waals surface area contributed by atoms with Gasteiger partial charge in [-0.15, -0.1) is 0 Å². The number of aliphatic hydroxyl groups is 4. The Hall–Kier alpha value is -4.00. The number of carboxylic acid groups (broad SMARTS) is 2. The van der Waals surface area contributed by atoms with Crippen molar-refractivity contribution in [1.29, 1.82) is 0 Å². The number of sulfonamides is 2. The van der Waals surface area contributed by atoms with E-state index in [-0.39, 0.29) is 91.4 Å². The Morgan fingerprint density at radius 1 is 0.603 bits per heavy atom. The van der Waals surface area contributed by atoms with E-state index in [1.807, 2.05) is 27.7 Å². The van der Waals surface area contributed by atoms with Crippen LogP contribution >= 0.6 is 0 Å². The molecule has 375 valence electrons. The molecule has 2 aromatic carbocycles. The minimum absolute atomic E-state index is 0. The topological polar surface area (TPSA) is 282 Å². The van der Waals surface area contributed by atoms with E-state index in [0.717, 1.165) is 21.1 Å². The monoisotopic (exact) mass is 1070 g/mol. The van der Waals surface area contributed by atoms with E-state index >= 15 is 0 Å². The fourth-order valence-corrected chi connectivity index (χ4v) is 6.85. The second-order valence-corrected chi connectivity index (χ2v) is 20.0. The number of carbonyl (C=O) groups is 2. The maximum Gasteiger partial charge on any atom is 0 e. The number of nitrogens with zero attached hydrogens (tertiary/aromatic N) is 6. The number of carboxylic acids is 2. The molecule has 6 N–H and O–H groups in total. The van der Waals surface area contributed by atoms with Gasteiger partial charge in [-0.25, -0.2) is 54.2 Å². The molecular formula is C44H58CaCuF2N6O12S2. The van der Waals surface area contributed by atoms with Gasteiger partial charge in [0.1, 0.15) is 11.6 Å².